The minimum atomic E-state index is -1.26. The van der Waals surface area contributed by atoms with Crippen LogP contribution in [0.4, 0.5) is 0 Å². The van der Waals surface area contributed by atoms with E-state index >= 15 is 0 Å². The van der Waals surface area contributed by atoms with Gasteiger partial charge < -0.3 is 19.9 Å². The van der Waals surface area contributed by atoms with Gasteiger partial charge in [0.25, 0.3) is 5.56 Å². The zero-order chi connectivity index (χ0) is 19.2. The van der Waals surface area contributed by atoms with E-state index in [1.54, 1.807) is 11.5 Å². The first-order chi connectivity index (χ1) is 12.1. The van der Waals surface area contributed by atoms with Crippen LogP contribution in [0.3, 0.4) is 0 Å². The highest BCUT2D eigenvalue weighted by molar-refractivity contribution is 7.72. The van der Waals surface area contributed by atoms with Gasteiger partial charge in [0, 0.05) is 6.42 Å². The molecule has 0 bridgehead atoms. The summed E-state index contributed by atoms with van der Waals surface area (Å²) in [7, 11) is 0. The average molecular weight is 382 g/mol. The van der Waals surface area contributed by atoms with E-state index in [0.29, 0.717) is 30.1 Å². The van der Waals surface area contributed by atoms with Crippen molar-refractivity contribution < 1.29 is 14.9 Å². The molecule has 26 heavy (non-hydrogen) atoms. The Morgan fingerprint density at radius 3 is 2.62 bits per heavy atom. The predicted molar refractivity (Wildman–Crippen MR) is 104 cm³/mol. The van der Waals surface area contributed by atoms with E-state index in [1.807, 2.05) is 6.92 Å². The number of imidazole rings is 1. The Morgan fingerprint density at radius 2 is 2.00 bits per heavy atom. The summed E-state index contributed by atoms with van der Waals surface area (Å²) in [4.78, 5) is 23.6. The van der Waals surface area contributed by atoms with Gasteiger partial charge in [-0.2, -0.15) is 0 Å². The number of hydrogen-bond acceptors (Lipinski definition) is 6. The van der Waals surface area contributed by atoms with E-state index in [4.69, 9.17) is 4.74 Å². The summed E-state index contributed by atoms with van der Waals surface area (Å²) in [6.07, 6.45) is 2.78. The second-order valence-corrected chi connectivity index (χ2v) is 11.9. The summed E-state index contributed by atoms with van der Waals surface area (Å²) < 4.78 is 7.67. The van der Waals surface area contributed by atoms with E-state index in [9.17, 15) is 15.0 Å². The Labute approximate surface area is 152 Å². The van der Waals surface area contributed by atoms with Crippen molar-refractivity contribution in [2.75, 3.05) is 19.5 Å². The number of aliphatic hydroxyl groups is 2. The van der Waals surface area contributed by atoms with Gasteiger partial charge >= 0.3 is 0 Å². The number of aromatic nitrogens is 4. The van der Waals surface area contributed by atoms with Gasteiger partial charge in [-0.1, -0.05) is 6.92 Å². The maximum atomic E-state index is 12.2. The van der Waals surface area contributed by atoms with Gasteiger partial charge in [-0.3, -0.25) is 9.36 Å². The molecule has 1 saturated heterocycles. The highest BCUT2D eigenvalue weighted by atomic mass is 31.2. The second-order valence-electron chi connectivity index (χ2n) is 7.57. The predicted octanol–water partition coefficient (Wildman–Crippen LogP) is 0.709. The van der Waals surface area contributed by atoms with E-state index < -0.39 is 31.4 Å². The quantitative estimate of drug-likeness (QED) is 0.657. The fourth-order valence-corrected chi connectivity index (χ4v) is 4.27. The topological polar surface area (TPSA) is 113 Å². The number of hydrogen-bond donors (Lipinski definition) is 3. The van der Waals surface area contributed by atoms with Crippen LogP contribution in [-0.2, 0) is 11.2 Å². The fourth-order valence-electron chi connectivity index (χ4n) is 3.31. The summed E-state index contributed by atoms with van der Waals surface area (Å²) in [5, 5.41) is 21.1. The Kier molecular flexibility index (Phi) is 5.14. The first kappa shape index (κ1) is 19.3. The van der Waals surface area contributed by atoms with Gasteiger partial charge in [0.1, 0.15) is 23.9 Å². The third-order valence-corrected chi connectivity index (χ3v) is 6.14. The summed E-state index contributed by atoms with van der Waals surface area (Å²) in [6.45, 7) is 6.58. The highest BCUT2D eigenvalue weighted by Crippen LogP contribution is 2.40. The van der Waals surface area contributed by atoms with Gasteiger partial charge in [0.2, 0.25) is 0 Å². The molecule has 1 unspecified atom stereocenters. The largest absolute Gasteiger partial charge is 0.388 e. The second kappa shape index (κ2) is 6.93. The molecule has 3 N–H and O–H groups in total. The van der Waals surface area contributed by atoms with Crippen molar-refractivity contribution in [2.45, 2.75) is 51.2 Å². The van der Waals surface area contributed by atoms with Gasteiger partial charge in [-0.15, -0.1) is 13.2 Å². The number of H-pyrrole nitrogens is 1. The zero-order valence-electron chi connectivity index (χ0n) is 15.6. The summed E-state index contributed by atoms with van der Waals surface area (Å²) in [5.74, 6) is 1.05. The molecule has 0 radical (unpaired) electrons. The highest BCUT2D eigenvalue weighted by Gasteiger charge is 2.44. The standard InChI is InChI=1S/C17H27N4O4P/c1-6-11-20-12-15(18-9(2)19-16(12)24)21(11)17-14(23)13(22)10(25-17)7-8-26(3,4)5/h10,13-14,17,22-23H,3,6-8H2,1-2,4-5H3,(H,18,19,24)/t10-,13-,14-,17?/m1/s1. The molecule has 2 aromatic rings. The third kappa shape index (κ3) is 3.51. The van der Waals surface area contributed by atoms with E-state index in [0.717, 1.165) is 6.16 Å². The molecule has 3 heterocycles. The Morgan fingerprint density at radius 1 is 1.31 bits per heavy atom. The molecule has 4 atom stereocenters. The normalized spacial score (nSPS) is 26.7. The number of rotatable bonds is 5. The van der Waals surface area contributed by atoms with Crippen molar-refractivity contribution in [3.63, 3.8) is 0 Å². The fraction of sp³-hybridized carbons (Fsp3) is 0.647. The number of nitrogens with zero attached hydrogens (tertiary/aromatic N) is 3. The van der Waals surface area contributed by atoms with Gasteiger partial charge in [-0.05, 0) is 32.8 Å². The lowest BCUT2D eigenvalue weighted by Gasteiger charge is -2.19. The molecule has 3 rings (SSSR count). The number of aromatic amines is 1. The number of nitrogens with one attached hydrogen (secondary N) is 1. The van der Waals surface area contributed by atoms with Crippen LogP contribution in [0.15, 0.2) is 4.79 Å². The molecule has 1 fully saturated rings. The Bertz CT molecular complexity index is 915. The minimum absolute atomic E-state index is 0.214. The molecule has 144 valence electrons. The zero-order valence-corrected chi connectivity index (χ0v) is 16.5. The minimum Gasteiger partial charge on any atom is -0.388 e. The van der Waals surface area contributed by atoms with Crippen LogP contribution >= 0.6 is 6.89 Å². The molecule has 9 heteroatoms. The molecule has 2 aromatic heterocycles. The van der Waals surface area contributed by atoms with Crippen molar-refractivity contribution in [3.05, 3.63) is 22.0 Å². The lowest BCUT2D eigenvalue weighted by atomic mass is 10.1. The van der Waals surface area contributed by atoms with Crippen LogP contribution in [0, 0.1) is 6.92 Å². The number of aryl methyl sites for hydroxylation is 2. The Hall–Kier alpha value is -1.47. The van der Waals surface area contributed by atoms with Crippen LogP contribution < -0.4 is 5.56 Å². The lowest BCUT2D eigenvalue weighted by Crippen LogP contribution is -2.32. The number of ether oxygens (including phenoxy) is 1. The molecule has 0 aromatic carbocycles. The van der Waals surface area contributed by atoms with E-state index in [-0.39, 0.29) is 11.1 Å². The molecular weight excluding hydrogens is 355 g/mol. The van der Waals surface area contributed by atoms with Gasteiger partial charge in [0.05, 0.1) is 6.10 Å². The molecule has 8 nitrogen and oxygen atoms in total. The van der Waals surface area contributed by atoms with Crippen LogP contribution in [-0.4, -0.2) is 73.8 Å². The molecular formula is C17H27N4O4P. The first-order valence-corrected chi connectivity index (χ1v) is 11.8. The van der Waals surface area contributed by atoms with Crippen LogP contribution in [0.5, 0.6) is 0 Å². The van der Waals surface area contributed by atoms with Gasteiger partial charge in [0.15, 0.2) is 17.4 Å². The number of aliphatic hydroxyl groups excluding tert-OH is 2. The van der Waals surface area contributed by atoms with E-state index in [1.165, 1.54) is 0 Å². The SMILES string of the molecule is C=P(C)(C)CC[C@H]1OC(n2c(CC)nc3c(=O)[nH]c(C)nc32)[C@H](O)[C@@H]1O. The average Bonchev–Trinajstić information content (AvgIpc) is 3.04. The van der Waals surface area contributed by atoms with Gasteiger partial charge in [-0.25, -0.2) is 9.97 Å². The summed E-state index contributed by atoms with van der Waals surface area (Å²) in [6, 6.07) is 0. The number of fused-ring (bicyclic) bond motifs is 1. The maximum absolute atomic E-state index is 12.2. The molecule has 0 aliphatic carbocycles. The molecule has 1 aliphatic rings. The molecule has 0 spiro atoms. The summed E-state index contributed by atoms with van der Waals surface area (Å²) in [5.41, 5.74) is 0.255. The molecule has 0 amide bonds. The van der Waals surface area contributed by atoms with Crippen LogP contribution in [0.2, 0.25) is 0 Å². The molecule has 1 aliphatic heterocycles. The van der Waals surface area contributed by atoms with Crippen molar-refractivity contribution >= 4 is 24.3 Å². The smallest absolute Gasteiger partial charge is 0.279 e. The molecule has 0 saturated carbocycles. The van der Waals surface area contributed by atoms with Crippen LogP contribution in [0.1, 0.15) is 31.2 Å². The van der Waals surface area contributed by atoms with E-state index in [2.05, 4.69) is 34.6 Å². The first-order valence-electron chi connectivity index (χ1n) is 8.79. The Balaban J connectivity index is 2.01. The van der Waals surface area contributed by atoms with Crippen molar-refractivity contribution in [3.8, 4) is 0 Å². The maximum Gasteiger partial charge on any atom is 0.279 e. The van der Waals surface area contributed by atoms with Crippen molar-refractivity contribution in [1.29, 1.82) is 0 Å². The van der Waals surface area contributed by atoms with Crippen molar-refractivity contribution in [2.24, 2.45) is 0 Å². The monoisotopic (exact) mass is 382 g/mol. The summed E-state index contributed by atoms with van der Waals surface area (Å²) >= 11 is 0. The van der Waals surface area contributed by atoms with Crippen LogP contribution in [0.25, 0.3) is 11.2 Å². The van der Waals surface area contributed by atoms with Crippen molar-refractivity contribution in [1.82, 2.24) is 19.5 Å². The lowest BCUT2D eigenvalue weighted by molar-refractivity contribution is -0.0367. The third-order valence-electron chi connectivity index (χ3n) is 4.67.